The first kappa shape index (κ1) is 23.2. The summed E-state index contributed by atoms with van der Waals surface area (Å²) in [6.07, 6.45) is -2.95. The van der Waals surface area contributed by atoms with Crippen molar-refractivity contribution in [2.45, 2.75) is 17.5 Å². The molecule has 1 aromatic heterocycles. The second-order valence-electron chi connectivity index (χ2n) is 7.38. The van der Waals surface area contributed by atoms with Gasteiger partial charge in [0.05, 0.1) is 27.9 Å². The first-order valence-corrected chi connectivity index (χ1v) is 11.5. The fourth-order valence-corrected chi connectivity index (χ4v) is 5.54. The van der Waals surface area contributed by atoms with Crippen LogP contribution >= 0.6 is 11.6 Å². The minimum Gasteiger partial charge on any atom is -0.390 e. The second-order valence-corrected chi connectivity index (χ2v) is 9.65. The lowest BCUT2D eigenvalue weighted by Gasteiger charge is -2.20. The van der Waals surface area contributed by atoms with E-state index in [1.165, 1.54) is 28.6 Å². The van der Waals surface area contributed by atoms with Crippen LogP contribution in [0.2, 0.25) is 5.02 Å². The van der Waals surface area contributed by atoms with Crippen LogP contribution in [-0.4, -0.2) is 37.4 Å². The summed E-state index contributed by atoms with van der Waals surface area (Å²) in [7, 11) is -3.94. The van der Waals surface area contributed by atoms with E-state index in [4.69, 9.17) is 22.1 Å². The number of alkyl halides is 3. The van der Waals surface area contributed by atoms with E-state index < -0.39 is 28.5 Å². The number of aromatic nitrogens is 1. The van der Waals surface area contributed by atoms with E-state index in [1.807, 2.05) is 0 Å². The lowest BCUT2D eigenvalue weighted by molar-refractivity contribution is -0.141. The van der Waals surface area contributed by atoms with E-state index in [9.17, 15) is 21.6 Å². The molecule has 0 atom stereocenters. The van der Waals surface area contributed by atoms with Crippen LogP contribution in [0.1, 0.15) is 16.8 Å². The van der Waals surface area contributed by atoms with Gasteiger partial charge in [0.15, 0.2) is 0 Å². The molecule has 4 rings (SSSR count). The molecule has 172 valence electrons. The molecule has 0 saturated heterocycles. The Balaban J connectivity index is 1.64. The second kappa shape index (κ2) is 8.44. The van der Waals surface area contributed by atoms with Crippen molar-refractivity contribution in [3.05, 3.63) is 76.6 Å². The maximum atomic E-state index is 13.2. The zero-order chi connectivity index (χ0) is 24.0. The van der Waals surface area contributed by atoms with Gasteiger partial charge >= 0.3 is 6.18 Å². The molecule has 2 heterocycles. The number of anilines is 1. The number of hydrogen-bond acceptors (Lipinski definition) is 5. The maximum Gasteiger partial charge on any atom is 0.433 e. The highest BCUT2D eigenvalue weighted by Crippen LogP contribution is 2.37. The Morgan fingerprint density at radius 3 is 2.45 bits per heavy atom. The molecule has 0 saturated carbocycles. The number of sulfonamides is 1. The smallest absolute Gasteiger partial charge is 0.390 e. The van der Waals surface area contributed by atoms with Gasteiger partial charge in [0.1, 0.15) is 5.69 Å². The van der Waals surface area contributed by atoms with Gasteiger partial charge in [0.25, 0.3) is 10.0 Å². The van der Waals surface area contributed by atoms with Crippen LogP contribution in [0.4, 0.5) is 18.9 Å². The van der Waals surface area contributed by atoms with Crippen molar-refractivity contribution in [2.24, 2.45) is 0 Å². The number of halogens is 4. The van der Waals surface area contributed by atoms with Crippen molar-refractivity contribution in [1.82, 2.24) is 4.98 Å². The standard InChI is InChI=1S/C22H17ClF3N3O3S/c23-18-10-16(3-4-17(18)19(27)12-30)33(31,32)29-8-7-14-9-13(1-5-20(14)29)15-2-6-21(28-11-15)22(24,25)26/h1-6,9-11,27,30H,7-8,12H2. The fraction of sp³-hybridized carbons (Fsp3) is 0.182. The summed E-state index contributed by atoms with van der Waals surface area (Å²) < 4.78 is 66.0. The fourth-order valence-electron chi connectivity index (χ4n) is 3.65. The number of aliphatic hydroxyl groups excluding tert-OH is 1. The van der Waals surface area contributed by atoms with Gasteiger partial charge in [-0.2, -0.15) is 13.2 Å². The van der Waals surface area contributed by atoms with Crippen LogP contribution < -0.4 is 4.31 Å². The Morgan fingerprint density at radius 2 is 1.85 bits per heavy atom. The molecule has 0 radical (unpaired) electrons. The molecule has 0 bridgehead atoms. The summed E-state index contributed by atoms with van der Waals surface area (Å²) in [6.45, 7) is -0.333. The average Bonchev–Trinajstić information content (AvgIpc) is 3.22. The summed E-state index contributed by atoms with van der Waals surface area (Å²) in [4.78, 5) is 3.42. The molecule has 1 aliphatic heterocycles. The van der Waals surface area contributed by atoms with E-state index in [-0.39, 0.29) is 27.7 Å². The van der Waals surface area contributed by atoms with Crippen molar-refractivity contribution in [1.29, 1.82) is 5.41 Å². The van der Waals surface area contributed by atoms with E-state index in [1.54, 1.807) is 18.2 Å². The van der Waals surface area contributed by atoms with Gasteiger partial charge in [-0.3, -0.25) is 9.29 Å². The SMILES string of the molecule is N=C(CO)c1ccc(S(=O)(=O)N2CCc3cc(-c4ccc(C(F)(F)F)nc4)ccc32)cc1Cl. The normalized spacial score (nSPS) is 13.8. The molecule has 0 fully saturated rings. The zero-order valence-corrected chi connectivity index (χ0v) is 18.5. The largest absolute Gasteiger partial charge is 0.433 e. The molecule has 2 aromatic carbocycles. The zero-order valence-electron chi connectivity index (χ0n) is 16.9. The molecule has 2 N–H and O–H groups in total. The molecule has 0 aliphatic carbocycles. The van der Waals surface area contributed by atoms with Crippen LogP contribution in [0.15, 0.2) is 59.6 Å². The topological polar surface area (TPSA) is 94.3 Å². The first-order chi connectivity index (χ1) is 15.5. The van der Waals surface area contributed by atoms with Crippen molar-refractivity contribution < 1.29 is 26.7 Å². The van der Waals surface area contributed by atoms with Gasteiger partial charge in [0, 0.05) is 23.9 Å². The number of fused-ring (bicyclic) bond motifs is 1. The lowest BCUT2D eigenvalue weighted by atomic mass is 10.0. The molecule has 0 unspecified atom stereocenters. The van der Waals surface area contributed by atoms with Crippen molar-refractivity contribution in [2.75, 3.05) is 17.5 Å². The number of benzene rings is 2. The van der Waals surface area contributed by atoms with Crippen molar-refractivity contribution in [3.8, 4) is 11.1 Å². The highest BCUT2D eigenvalue weighted by molar-refractivity contribution is 7.92. The molecule has 0 spiro atoms. The summed E-state index contributed by atoms with van der Waals surface area (Å²) in [6, 6.07) is 11.2. The summed E-state index contributed by atoms with van der Waals surface area (Å²) in [5.74, 6) is 0. The Bertz CT molecular complexity index is 1340. The molecule has 11 heteroatoms. The van der Waals surface area contributed by atoms with Gasteiger partial charge in [-0.05, 0) is 47.9 Å². The number of pyridine rings is 1. The summed E-state index contributed by atoms with van der Waals surface area (Å²) in [5, 5.41) is 16.8. The third-order valence-corrected chi connectivity index (χ3v) is 7.45. The number of rotatable bonds is 5. The molecule has 6 nitrogen and oxygen atoms in total. The highest BCUT2D eigenvalue weighted by Gasteiger charge is 2.33. The van der Waals surface area contributed by atoms with E-state index in [2.05, 4.69) is 4.98 Å². The third-order valence-electron chi connectivity index (χ3n) is 5.33. The van der Waals surface area contributed by atoms with Crippen LogP contribution in [0.25, 0.3) is 11.1 Å². The molecule has 0 amide bonds. The number of nitrogens with one attached hydrogen (secondary N) is 1. The lowest BCUT2D eigenvalue weighted by Crippen LogP contribution is -2.29. The molecular weight excluding hydrogens is 479 g/mol. The van der Waals surface area contributed by atoms with E-state index in [0.29, 0.717) is 23.2 Å². The molecule has 33 heavy (non-hydrogen) atoms. The van der Waals surface area contributed by atoms with Crippen LogP contribution in [0, 0.1) is 5.41 Å². The summed E-state index contributed by atoms with van der Waals surface area (Å²) >= 11 is 6.13. The Hall–Kier alpha value is -2.95. The molecule has 3 aromatic rings. The highest BCUT2D eigenvalue weighted by atomic mass is 35.5. The number of hydrogen-bond donors (Lipinski definition) is 2. The molecular formula is C22H17ClF3N3O3S. The van der Waals surface area contributed by atoms with Crippen LogP contribution in [0.3, 0.4) is 0 Å². The van der Waals surface area contributed by atoms with Crippen LogP contribution in [0.5, 0.6) is 0 Å². The van der Waals surface area contributed by atoms with Gasteiger partial charge in [-0.1, -0.05) is 29.8 Å². The molecule has 1 aliphatic rings. The minimum absolute atomic E-state index is 0.0414. The Kier molecular flexibility index (Phi) is 5.94. The third kappa shape index (κ3) is 4.33. The quantitative estimate of drug-likeness (QED) is 0.508. The summed E-state index contributed by atoms with van der Waals surface area (Å²) in [5.41, 5.74) is 1.46. The van der Waals surface area contributed by atoms with E-state index in [0.717, 1.165) is 17.8 Å². The number of aliphatic hydroxyl groups is 1. The van der Waals surface area contributed by atoms with Gasteiger partial charge < -0.3 is 10.5 Å². The average molecular weight is 496 g/mol. The van der Waals surface area contributed by atoms with Gasteiger partial charge in [-0.25, -0.2) is 8.42 Å². The van der Waals surface area contributed by atoms with Crippen molar-refractivity contribution in [3.63, 3.8) is 0 Å². The van der Waals surface area contributed by atoms with Gasteiger partial charge in [0.2, 0.25) is 0 Å². The maximum absolute atomic E-state index is 13.2. The predicted octanol–water partition coefficient (Wildman–Crippen LogP) is 4.53. The van der Waals surface area contributed by atoms with Crippen LogP contribution in [-0.2, 0) is 22.6 Å². The van der Waals surface area contributed by atoms with Gasteiger partial charge in [-0.15, -0.1) is 0 Å². The Morgan fingerprint density at radius 1 is 1.12 bits per heavy atom. The Labute approximate surface area is 192 Å². The minimum atomic E-state index is -4.52. The number of nitrogens with zero attached hydrogens (tertiary/aromatic N) is 2. The monoisotopic (exact) mass is 495 g/mol. The first-order valence-electron chi connectivity index (χ1n) is 9.70. The van der Waals surface area contributed by atoms with E-state index >= 15 is 0 Å². The van der Waals surface area contributed by atoms with Crippen molar-refractivity contribution >= 4 is 33.0 Å². The predicted molar refractivity (Wildman–Crippen MR) is 118 cm³/mol.